The first kappa shape index (κ1) is 14.2. The third-order valence-electron chi connectivity index (χ3n) is 2.44. The van der Waals surface area contributed by atoms with Crippen LogP contribution in [0.5, 0.6) is 28.9 Å². The summed E-state index contributed by atoms with van der Waals surface area (Å²) in [6.07, 6.45) is 2.87. The van der Waals surface area contributed by atoms with Crippen LogP contribution in [0.25, 0.3) is 0 Å². The zero-order valence-electron chi connectivity index (χ0n) is 11.2. The maximum absolute atomic E-state index is 5.75. The van der Waals surface area contributed by atoms with Gasteiger partial charge in [0.1, 0.15) is 5.75 Å². The van der Waals surface area contributed by atoms with Gasteiger partial charge in [-0.2, -0.15) is 4.98 Å². The van der Waals surface area contributed by atoms with Crippen LogP contribution in [0.2, 0.25) is 5.15 Å². The van der Waals surface area contributed by atoms with Gasteiger partial charge in [0.15, 0.2) is 16.7 Å². The van der Waals surface area contributed by atoms with Gasteiger partial charge in [0.25, 0.3) is 0 Å². The van der Waals surface area contributed by atoms with Crippen LogP contribution in [0.1, 0.15) is 0 Å². The predicted octanol–water partition coefficient (Wildman–Crippen LogP) is 2.95. The van der Waals surface area contributed by atoms with Crippen LogP contribution in [-0.2, 0) is 0 Å². The molecule has 0 bridgehead atoms. The smallest absolute Gasteiger partial charge is 0.239 e. The number of rotatable bonds is 5. The molecule has 0 aliphatic heterocycles. The normalized spacial score (nSPS) is 10.0. The van der Waals surface area contributed by atoms with E-state index in [0.29, 0.717) is 23.0 Å². The topological polar surface area (TPSA) is 62.7 Å². The number of hydrogen-bond acceptors (Lipinski definition) is 6. The minimum absolute atomic E-state index is 0.245. The van der Waals surface area contributed by atoms with Crippen molar-refractivity contribution in [1.82, 2.24) is 9.97 Å². The number of halogens is 1. The second-order valence-corrected chi connectivity index (χ2v) is 4.03. The van der Waals surface area contributed by atoms with Crippen molar-refractivity contribution in [3.63, 3.8) is 0 Å². The summed E-state index contributed by atoms with van der Waals surface area (Å²) >= 11 is 5.75. The molecule has 2 rings (SSSR count). The summed E-state index contributed by atoms with van der Waals surface area (Å²) < 4.78 is 21.3. The third kappa shape index (κ3) is 3.03. The quantitative estimate of drug-likeness (QED) is 0.845. The molecule has 106 valence electrons. The van der Waals surface area contributed by atoms with Crippen molar-refractivity contribution < 1.29 is 18.9 Å². The van der Waals surface area contributed by atoms with Crippen LogP contribution in [0.15, 0.2) is 24.5 Å². The molecule has 1 heterocycles. The van der Waals surface area contributed by atoms with E-state index in [0.717, 1.165) is 0 Å². The number of hydrogen-bond donors (Lipinski definition) is 0. The van der Waals surface area contributed by atoms with Gasteiger partial charge in [0.05, 0.1) is 33.7 Å². The van der Waals surface area contributed by atoms with Gasteiger partial charge < -0.3 is 18.9 Å². The molecule has 0 aliphatic carbocycles. The van der Waals surface area contributed by atoms with E-state index in [1.165, 1.54) is 33.7 Å². The Hall–Kier alpha value is -2.21. The molecular formula is C13H13ClN2O4. The first-order valence-corrected chi connectivity index (χ1v) is 6.01. The first-order valence-electron chi connectivity index (χ1n) is 5.63. The Morgan fingerprint density at radius 2 is 1.60 bits per heavy atom. The average molecular weight is 297 g/mol. The molecule has 0 fully saturated rings. The van der Waals surface area contributed by atoms with Gasteiger partial charge in [-0.3, -0.25) is 4.98 Å². The van der Waals surface area contributed by atoms with E-state index >= 15 is 0 Å². The van der Waals surface area contributed by atoms with E-state index in [-0.39, 0.29) is 11.0 Å². The number of benzene rings is 1. The fourth-order valence-electron chi connectivity index (χ4n) is 1.61. The fourth-order valence-corrected chi connectivity index (χ4v) is 1.75. The van der Waals surface area contributed by atoms with E-state index in [9.17, 15) is 0 Å². The van der Waals surface area contributed by atoms with E-state index in [2.05, 4.69) is 9.97 Å². The van der Waals surface area contributed by atoms with E-state index in [4.69, 9.17) is 30.5 Å². The minimum atomic E-state index is 0.245. The Kier molecular flexibility index (Phi) is 4.47. The van der Waals surface area contributed by atoms with Crippen molar-refractivity contribution in [3.8, 4) is 28.9 Å². The summed E-state index contributed by atoms with van der Waals surface area (Å²) in [4.78, 5) is 7.88. The van der Waals surface area contributed by atoms with Gasteiger partial charge in [-0.15, -0.1) is 0 Å². The molecule has 0 saturated heterocycles. The fraction of sp³-hybridized carbons (Fsp3) is 0.231. The zero-order chi connectivity index (χ0) is 14.5. The van der Waals surface area contributed by atoms with Crippen LogP contribution in [0, 0.1) is 0 Å². The zero-order valence-corrected chi connectivity index (χ0v) is 12.0. The van der Waals surface area contributed by atoms with E-state index in [1.54, 1.807) is 12.1 Å². The lowest BCUT2D eigenvalue weighted by Crippen LogP contribution is -1.96. The highest BCUT2D eigenvalue weighted by atomic mass is 35.5. The lowest BCUT2D eigenvalue weighted by Gasteiger charge is -2.14. The summed E-state index contributed by atoms with van der Waals surface area (Å²) in [5.74, 6) is 2.19. The van der Waals surface area contributed by atoms with Crippen molar-refractivity contribution in [2.45, 2.75) is 0 Å². The van der Waals surface area contributed by atoms with E-state index < -0.39 is 0 Å². The van der Waals surface area contributed by atoms with Crippen molar-refractivity contribution in [2.24, 2.45) is 0 Å². The van der Waals surface area contributed by atoms with Gasteiger partial charge in [-0.1, -0.05) is 11.6 Å². The molecule has 1 aromatic heterocycles. The number of ether oxygens (including phenoxy) is 4. The molecule has 0 amide bonds. The van der Waals surface area contributed by atoms with Gasteiger partial charge >= 0.3 is 0 Å². The highest BCUT2D eigenvalue weighted by molar-refractivity contribution is 6.29. The van der Waals surface area contributed by atoms with Crippen LogP contribution in [0.4, 0.5) is 0 Å². The molecule has 7 heteroatoms. The lowest BCUT2D eigenvalue weighted by atomic mass is 10.2. The molecule has 20 heavy (non-hydrogen) atoms. The van der Waals surface area contributed by atoms with Crippen molar-refractivity contribution >= 4 is 11.6 Å². The Morgan fingerprint density at radius 3 is 2.10 bits per heavy atom. The second kappa shape index (κ2) is 6.29. The van der Waals surface area contributed by atoms with Crippen molar-refractivity contribution in [2.75, 3.05) is 21.3 Å². The first-order chi connectivity index (χ1) is 9.67. The van der Waals surface area contributed by atoms with Crippen LogP contribution >= 0.6 is 11.6 Å². The van der Waals surface area contributed by atoms with Gasteiger partial charge in [-0.25, -0.2) is 0 Å². The van der Waals surface area contributed by atoms with Gasteiger partial charge in [-0.05, 0) is 0 Å². The van der Waals surface area contributed by atoms with Gasteiger partial charge in [0.2, 0.25) is 11.6 Å². The predicted molar refractivity (Wildman–Crippen MR) is 73.2 cm³/mol. The molecule has 6 nitrogen and oxygen atoms in total. The molecular weight excluding hydrogens is 284 g/mol. The summed E-state index contributed by atoms with van der Waals surface area (Å²) in [7, 11) is 4.59. The van der Waals surface area contributed by atoms with Gasteiger partial charge in [0, 0.05) is 12.1 Å². The van der Waals surface area contributed by atoms with Crippen LogP contribution in [0.3, 0.4) is 0 Å². The highest BCUT2D eigenvalue weighted by Gasteiger charge is 2.14. The molecule has 0 unspecified atom stereocenters. The Bertz CT molecular complexity index is 582. The Balaban J connectivity index is 2.37. The maximum atomic E-state index is 5.75. The highest BCUT2D eigenvalue weighted by Crippen LogP contribution is 2.41. The Labute approximate surface area is 121 Å². The molecule has 0 atom stereocenters. The van der Waals surface area contributed by atoms with Crippen LogP contribution in [-0.4, -0.2) is 31.3 Å². The summed E-state index contributed by atoms with van der Waals surface area (Å²) in [5, 5.41) is 0.245. The molecule has 0 aliphatic rings. The third-order valence-corrected chi connectivity index (χ3v) is 2.63. The standard InChI is InChI=1S/C13H13ClN2O4/c1-17-9-4-8(5-10(18-2)13(9)19-3)20-12-7-15-6-11(14)16-12/h4-7H,1-3H3. The second-order valence-electron chi connectivity index (χ2n) is 3.64. The molecule has 0 saturated carbocycles. The lowest BCUT2D eigenvalue weighted by molar-refractivity contribution is 0.320. The largest absolute Gasteiger partial charge is 0.493 e. The SMILES string of the molecule is COc1cc(Oc2cncc(Cl)n2)cc(OC)c1OC. The summed E-state index contributed by atoms with van der Waals surface area (Å²) in [6.45, 7) is 0. The Morgan fingerprint density at radius 1 is 0.950 bits per heavy atom. The summed E-state index contributed by atoms with van der Waals surface area (Å²) in [6, 6.07) is 3.31. The molecule has 2 aromatic rings. The summed E-state index contributed by atoms with van der Waals surface area (Å²) in [5.41, 5.74) is 0. The molecule has 0 radical (unpaired) electrons. The van der Waals surface area contributed by atoms with Crippen molar-refractivity contribution in [1.29, 1.82) is 0 Å². The monoisotopic (exact) mass is 296 g/mol. The number of methoxy groups -OCH3 is 3. The molecule has 1 aromatic carbocycles. The van der Waals surface area contributed by atoms with Crippen LogP contribution < -0.4 is 18.9 Å². The van der Waals surface area contributed by atoms with Crippen molar-refractivity contribution in [3.05, 3.63) is 29.7 Å². The van der Waals surface area contributed by atoms with E-state index in [1.807, 2.05) is 0 Å². The minimum Gasteiger partial charge on any atom is -0.493 e. The number of aromatic nitrogens is 2. The number of nitrogens with zero attached hydrogens (tertiary/aromatic N) is 2. The molecule has 0 N–H and O–H groups in total. The molecule has 0 spiro atoms. The average Bonchev–Trinajstić information content (AvgIpc) is 2.46. The maximum Gasteiger partial charge on any atom is 0.239 e.